The van der Waals surface area contributed by atoms with Gasteiger partial charge in [-0.25, -0.2) is 4.79 Å². The number of rotatable bonds is 5. The van der Waals surface area contributed by atoms with Gasteiger partial charge in [-0.2, -0.15) is 0 Å². The molecule has 3 nitrogen and oxygen atoms in total. The van der Waals surface area contributed by atoms with Crippen molar-refractivity contribution in [2.24, 2.45) is 11.8 Å². The number of carbonyl (C=O) groups is 1. The molecule has 0 bridgehead atoms. The summed E-state index contributed by atoms with van der Waals surface area (Å²) >= 11 is 0. The summed E-state index contributed by atoms with van der Waals surface area (Å²) in [6.07, 6.45) is 5.54. The van der Waals surface area contributed by atoms with Crippen LogP contribution < -0.4 is 5.32 Å². The van der Waals surface area contributed by atoms with E-state index in [0.29, 0.717) is 23.8 Å². The zero-order valence-corrected chi connectivity index (χ0v) is 11.4. The zero-order valence-electron chi connectivity index (χ0n) is 11.4. The van der Waals surface area contributed by atoms with Crippen LogP contribution in [0.5, 0.6) is 0 Å². The van der Waals surface area contributed by atoms with Crippen LogP contribution in [0.3, 0.4) is 0 Å². The number of aliphatic carboxylic acids is 1. The van der Waals surface area contributed by atoms with Crippen LogP contribution in [0.1, 0.15) is 53.4 Å². The predicted molar refractivity (Wildman–Crippen MR) is 69.7 cm³/mol. The number of carboxylic acid groups (broad SMARTS) is 1. The highest BCUT2D eigenvalue weighted by molar-refractivity contribution is 5.86. The largest absolute Gasteiger partial charge is 0.478 e. The first kappa shape index (κ1) is 14.1. The highest BCUT2D eigenvalue weighted by Gasteiger charge is 2.34. The Morgan fingerprint density at radius 2 is 1.88 bits per heavy atom. The lowest BCUT2D eigenvalue weighted by Crippen LogP contribution is -2.47. The molecule has 1 rings (SSSR count). The van der Waals surface area contributed by atoms with E-state index < -0.39 is 5.97 Å². The van der Waals surface area contributed by atoms with Gasteiger partial charge in [0.2, 0.25) is 0 Å². The summed E-state index contributed by atoms with van der Waals surface area (Å²) in [5, 5.41) is 12.3. The van der Waals surface area contributed by atoms with E-state index in [-0.39, 0.29) is 5.54 Å². The summed E-state index contributed by atoms with van der Waals surface area (Å²) in [6, 6.07) is 0. The second-order valence-corrected chi connectivity index (χ2v) is 6.10. The Hall–Kier alpha value is -0.990. The summed E-state index contributed by atoms with van der Waals surface area (Å²) in [6.45, 7) is 8.89. The number of hydrogen-bond donors (Lipinski definition) is 2. The molecule has 1 aliphatic rings. The van der Waals surface area contributed by atoms with Gasteiger partial charge < -0.3 is 10.4 Å². The molecule has 0 aromatic carbocycles. The molecule has 2 N–H and O–H groups in total. The summed E-state index contributed by atoms with van der Waals surface area (Å²) in [5.41, 5.74) is 0.606. The van der Waals surface area contributed by atoms with Crippen molar-refractivity contribution in [1.82, 2.24) is 5.32 Å². The van der Waals surface area contributed by atoms with E-state index in [0.717, 1.165) is 19.3 Å². The molecule has 0 fully saturated rings. The van der Waals surface area contributed by atoms with Crippen molar-refractivity contribution in [2.45, 2.75) is 58.9 Å². The molecule has 3 heteroatoms. The fourth-order valence-electron chi connectivity index (χ4n) is 2.90. The molecule has 1 aliphatic heterocycles. The number of hydrogen-bond acceptors (Lipinski definition) is 2. The summed E-state index contributed by atoms with van der Waals surface area (Å²) < 4.78 is 0. The second-order valence-electron chi connectivity index (χ2n) is 6.10. The maximum Gasteiger partial charge on any atom is 0.333 e. The van der Waals surface area contributed by atoms with Gasteiger partial charge in [-0.3, -0.25) is 0 Å². The molecular weight excluding hydrogens is 214 g/mol. The summed E-state index contributed by atoms with van der Waals surface area (Å²) in [4.78, 5) is 10.9. The zero-order chi connectivity index (χ0) is 13.1. The van der Waals surface area contributed by atoms with Gasteiger partial charge in [0.05, 0.1) is 5.57 Å². The molecule has 0 radical (unpaired) electrons. The molecule has 1 heterocycles. The lowest BCUT2D eigenvalue weighted by atomic mass is 9.76. The SMILES string of the molecule is CC(C)CC1(CC(C)C)CCC(C(=O)O)=CN1. The lowest BCUT2D eigenvalue weighted by Gasteiger charge is -2.40. The van der Waals surface area contributed by atoms with E-state index in [4.69, 9.17) is 5.11 Å². The minimum absolute atomic E-state index is 0.0985. The van der Waals surface area contributed by atoms with Gasteiger partial charge >= 0.3 is 5.97 Å². The minimum atomic E-state index is -0.791. The Kier molecular flexibility index (Phi) is 4.61. The van der Waals surface area contributed by atoms with Gasteiger partial charge in [-0.1, -0.05) is 27.7 Å². The van der Waals surface area contributed by atoms with E-state index >= 15 is 0 Å². The fourth-order valence-corrected chi connectivity index (χ4v) is 2.90. The van der Waals surface area contributed by atoms with Crippen molar-refractivity contribution >= 4 is 5.97 Å². The van der Waals surface area contributed by atoms with Crippen molar-refractivity contribution in [3.05, 3.63) is 11.8 Å². The van der Waals surface area contributed by atoms with Gasteiger partial charge in [-0.05, 0) is 37.5 Å². The topological polar surface area (TPSA) is 49.3 Å². The number of carboxylic acids is 1. The highest BCUT2D eigenvalue weighted by Crippen LogP contribution is 2.33. The maximum atomic E-state index is 10.9. The second kappa shape index (κ2) is 5.56. The molecule has 17 heavy (non-hydrogen) atoms. The molecule has 0 atom stereocenters. The average Bonchev–Trinajstić information content (AvgIpc) is 2.15. The van der Waals surface area contributed by atoms with Crippen molar-refractivity contribution in [3.63, 3.8) is 0 Å². The smallest absolute Gasteiger partial charge is 0.333 e. The van der Waals surface area contributed by atoms with Gasteiger partial charge in [0.1, 0.15) is 0 Å². The third-order valence-electron chi connectivity index (χ3n) is 3.30. The quantitative estimate of drug-likeness (QED) is 0.774. The summed E-state index contributed by atoms with van der Waals surface area (Å²) in [5.74, 6) is 0.460. The predicted octanol–water partition coefficient (Wildman–Crippen LogP) is 3.17. The van der Waals surface area contributed by atoms with E-state index in [2.05, 4.69) is 33.0 Å². The van der Waals surface area contributed by atoms with Crippen molar-refractivity contribution < 1.29 is 9.90 Å². The third-order valence-corrected chi connectivity index (χ3v) is 3.30. The monoisotopic (exact) mass is 239 g/mol. The van der Waals surface area contributed by atoms with E-state index in [1.165, 1.54) is 0 Å². The molecule has 0 aromatic rings. The van der Waals surface area contributed by atoms with Crippen LogP contribution in [0.4, 0.5) is 0 Å². The van der Waals surface area contributed by atoms with Gasteiger partial charge in [0.15, 0.2) is 0 Å². The maximum absolute atomic E-state index is 10.9. The van der Waals surface area contributed by atoms with Gasteiger partial charge in [0, 0.05) is 11.7 Å². The van der Waals surface area contributed by atoms with Gasteiger partial charge in [-0.15, -0.1) is 0 Å². The first-order valence-corrected chi connectivity index (χ1v) is 6.55. The lowest BCUT2D eigenvalue weighted by molar-refractivity contribution is -0.133. The first-order chi connectivity index (χ1) is 7.84. The average molecular weight is 239 g/mol. The van der Waals surface area contributed by atoms with Crippen LogP contribution in [0.25, 0.3) is 0 Å². The fraction of sp³-hybridized carbons (Fsp3) is 0.786. The molecule has 0 amide bonds. The molecule has 0 aromatic heterocycles. The molecular formula is C14H25NO2. The van der Waals surface area contributed by atoms with Crippen LogP contribution in [0.2, 0.25) is 0 Å². The van der Waals surface area contributed by atoms with E-state index in [1.54, 1.807) is 6.20 Å². The highest BCUT2D eigenvalue weighted by atomic mass is 16.4. The Balaban J connectivity index is 2.78. The Bertz CT molecular complexity index is 295. The van der Waals surface area contributed by atoms with E-state index in [1.807, 2.05) is 0 Å². The van der Waals surface area contributed by atoms with Crippen LogP contribution in [-0.4, -0.2) is 16.6 Å². The molecule has 0 saturated heterocycles. The van der Waals surface area contributed by atoms with Crippen LogP contribution in [0.15, 0.2) is 11.8 Å². The van der Waals surface area contributed by atoms with Crippen molar-refractivity contribution in [1.29, 1.82) is 0 Å². The third kappa shape index (κ3) is 4.06. The molecule has 0 spiro atoms. The Morgan fingerprint density at radius 3 is 2.18 bits per heavy atom. The van der Waals surface area contributed by atoms with Crippen molar-refractivity contribution in [3.8, 4) is 0 Å². The van der Waals surface area contributed by atoms with Crippen LogP contribution >= 0.6 is 0 Å². The number of nitrogens with one attached hydrogen (secondary N) is 1. The Labute approximate surface area is 104 Å². The van der Waals surface area contributed by atoms with Crippen molar-refractivity contribution in [2.75, 3.05) is 0 Å². The van der Waals surface area contributed by atoms with Crippen LogP contribution in [-0.2, 0) is 4.79 Å². The summed E-state index contributed by atoms with van der Waals surface area (Å²) in [7, 11) is 0. The normalized spacial score (nSPS) is 19.1. The van der Waals surface area contributed by atoms with E-state index in [9.17, 15) is 4.79 Å². The molecule has 0 aliphatic carbocycles. The Morgan fingerprint density at radius 1 is 1.35 bits per heavy atom. The van der Waals surface area contributed by atoms with Crippen LogP contribution in [0, 0.1) is 11.8 Å². The van der Waals surface area contributed by atoms with Gasteiger partial charge in [0.25, 0.3) is 0 Å². The standard InChI is InChI=1S/C14H25NO2/c1-10(2)7-14(8-11(3)4)6-5-12(9-15-14)13(16)17/h9-11,15H,5-8H2,1-4H3,(H,16,17). The molecule has 98 valence electrons. The first-order valence-electron chi connectivity index (χ1n) is 6.55. The minimum Gasteiger partial charge on any atom is -0.478 e. The molecule has 0 saturated carbocycles. The molecule has 0 unspecified atom stereocenters.